The highest BCUT2D eigenvalue weighted by molar-refractivity contribution is 7.78. The number of hydrogen-bond donors (Lipinski definition) is 6. The number of hydrogen-bond acceptors (Lipinski definition) is 18. The van der Waals surface area contributed by atoms with Gasteiger partial charge < -0.3 is 40.5 Å². The second-order valence-electron chi connectivity index (χ2n) is 11.0. The molecular weight excluding hydrogens is 778 g/mol. The van der Waals surface area contributed by atoms with Gasteiger partial charge in [0.25, 0.3) is 0 Å². The molecule has 6 heterocycles. The van der Waals surface area contributed by atoms with E-state index in [2.05, 4.69) is 47.6 Å². The molecule has 2 saturated heterocycles. The number of phosphoric ester groups is 2. The summed E-state index contributed by atoms with van der Waals surface area (Å²) in [4.78, 5) is 63.5. The Morgan fingerprint density at radius 2 is 1.10 bits per heavy atom. The van der Waals surface area contributed by atoms with E-state index in [1.54, 1.807) is 0 Å². The first-order chi connectivity index (χ1) is 23.8. The van der Waals surface area contributed by atoms with E-state index in [-0.39, 0.29) is 48.4 Å². The first kappa shape index (κ1) is 37.8. The number of phosphoric acid groups is 2. The van der Waals surface area contributed by atoms with Gasteiger partial charge in [0.15, 0.2) is 22.9 Å². The van der Waals surface area contributed by atoms with Crippen LogP contribution in [0.3, 0.4) is 0 Å². The molecule has 0 saturated carbocycles. The SMILES string of the molecule is Nc1ncnc2c1ncn2C1CCC(COP(=O)(O)OP(=O)(O)C(F)(F)P(=O)(O)OP(=O)(O)OCC2CCC(n3cnc4c(N)ncnc43)O2)O1. The van der Waals surface area contributed by atoms with E-state index in [0.29, 0.717) is 11.3 Å². The second-order valence-corrected chi connectivity index (χ2v) is 18.2. The van der Waals surface area contributed by atoms with Gasteiger partial charge in [-0.05, 0) is 25.7 Å². The molecule has 0 bridgehead atoms. The number of nitrogens with two attached hydrogens (primary N) is 2. The number of aromatic nitrogens is 8. The van der Waals surface area contributed by atoms with Crippen LogP contribution in [0.15, 0.2) is 25.3 Å². The zero-order valence-electron chi connectivity index (χ0n) is 25.5. The van der Waals surface area contributed by atoms with E-state index in [0.717, 1.165) is 0 Å². The molecule has 0 aromatic carbocycles. The summed E-state index contributed by atoms with van der Waals surface area (Å²) in [5, 5.41) is -5.95. The number of fused-ring (bicyclic) bond motifs is 2. The zero-order chi connectivity index (χ0) is 37.0. The van der Waals surface area contributed by atoms with Gasteiger partial charge in [0, 0.05) is 0 Å². The lowest BCUT2D eigenvalue weighted by molar-refractivity contribution is -0.0211. The van der Waals surface area contributed by atoms with Crippen molar-refractivity contribution in [2.45, 2.75) is 55.8 Å². The van der Waals surface area contributed by atoms with Crippen molar-refractivity contribution in [3.63, 3.8) is 0 Å². The zero-order valence-corrected chi connectivity index (χ0v) is 29.1. The summed E-state index contributed by atoms with van der Waals surface area (Å²) in [6.07, 6.45) is 2.57. The third-order valence-corrected chi connectivity index (χ3v) is 14.8. The molecule has 24 nitrogen and oxygen atoms in total. The predicted molar refractivity (Wildman–Crippen MR) is 164 cm³/mol. The Morgan fingerprint density at radius 3 is 1.49 bits per heavy atom. The molecule has 8 N–H and O–H groups in total. The molecule has 0 amide bonds. The average Bonchev–Trinajstić information content (AvgIpc) is 3.84. The molecule has 2 fully saturated rings. The summed E-state index contributed by atoms with van der Waals surface area (Å²) in [6.45, 7) is -1.68. The number of nitrogen functional groups attached to an aromatic ring is 2. The fourth-order valence-electron chi connectivity index (χ4n) is 5.13. The average molecular weight is 806 g/mol. The van der Waals surface area contributed by atoms with Crippen molar-refractivity contribution >= 4 is 64.8 Å². The van der Waals surface area contributed by atoms with Crippen LogP contribution >= 0.6 is 30.8 Å². The molecule has 4 aromatic heterocycles. The van der Waals surface area contributed by atoms with Crippen LogP contribution in [-0.4, -0.2) is 89.4 Å². The minimum Gasteiger partial charge on any atom is -0.382 e. The Bertz CT molecular complexity index is 2000. The quantitative estimate of drug-likeness (QED) is 0.0996. The van der Waals surface area contributed by atoms with Gasteiger partial charge in [-0.25, -0.2) is 47.7 Å². The van der Waals surface area contributed by atoms with Crippen LogP contribution in [-0.2, 0) is 45.4 Å². The predicted octanol–water partition coefficient (Wildman–Crippen LogP) is 2.37. The molecular formula is C21H28F2N10O14P4. The summed E-state index contributed by atoms with van der Waals surface area (Å²) < 4.78 is 110. The van der Waals surface area contributed by atoms with Crippen LogP contribution in [0, 0.1) is 0 Å². The van der Waals surface area contributed by atoms with Gasteiger partial charge in [-0.2, -0.15) is 8.78 Å². The molecule has 30 heteroatoms. The standard InChI is InChI=1S/C21H28F2N10O14P4/c22-21(23,48(34,35)46-50(38,39)42-5-11-1-3-13(44-11)32-9-30-15-17(24)26-7-28-19(15)32)49(36,37)47-51(40,41)43-6-12-2-4-14(45-12)33-10-31-16-18(25)27-8-29-20(16)33/h7-14H,1-6H2,(H,34,35)(H,36,37)(H,38,39)(H,40,41)(H2,24,26,28)(H2,25,27,29). The number of rotatable bonds is 14. The fourth-order valence-corrected chi connectivity index (χ4v) is 11.2. The number of nitrogens with zero attached hydrogens (tertiary/aromatic N) is 8. The van der Waals surface area contributed by atoms with Crippen LogP contribution in [0.2, 0.25) is 0 Å². The summed E-state index contributed by atoms with van der Waals surface area (Å²) in [5.41, 5.74) is 12.7. The first-order valence-electron chi connectivity index (χ1n) is 14.4. The lowest BCUT2D eigenvalue weighted by atomic mass is 10.2. The van der Waals surface area contributed by atoms with Gasteiger partial charge in [-0.1, -0.05) is 0 Å². The van der Waals surface area contributed by atoms with Crippen LogP contribution in [0.5, 0.6) is 0 Å². The largest absolute Gasteiger partial charge is 0.479 e. The normalized spacial score (nSPS) is 26.2. The molecule has 4 aromatic rings. The minimum atomic E-state index is -7.00. The van der Waals surface area contributed by atoms with Crippen molar-refractivity contribution in [3.8, 4) is 0 Å². The van der Waals surface area contributed by atoms with Gasteiger partial charge in [0.05, 0.1) is 38.1 Å². The van der Waals surface area contributed by atoms with Gasteiger partial charge >= 0.3 is 36.2 Å². The van der Waals surface area contributed by atoms with Crippen molar-refractivity contribution in [1.29, 1.82) is 0 Å². The Kier molecular flexibility index (Phi) is 10.2. The smallest absolute Gasteiger partial charge is 0.382 e. The molecule has 2 aliphatic rings. The number of alkyl halides is 2. The minimum absolute atomic E-state index is 0.101. The molecule has 2 aliphatic heterocycles. The third-order valence-electron chi connectivity index (χ3n) is 7.52. The molecule has 8 unspecified atom stereocenters. The Balaban J connectivity index is 1.01. The van der Waals surface area contributed by atoms with Gasteiger partial charge in [-0.15, -0.1) is 0 Å². The van der Waals surface area contributed by atoms with Crippen LogP contribution in [0.1, 0.15) is 38.1 Å². The first-order valence-corrected chi connectivity index (χ1v) is 20.5. The number of ether oxygens (including phenoxy) is 2. The topological polar surface area (TPSA) is 344 Å². The van der Waals surface area contributed by atoms with Crippen molar-refractivity contribution in [3.05, 3.63) is 25.3 Å². The maximum absolute atomic E-state index is 14.9. The van der Waals surface area contributed by atoms with E-state index in [9.17, 15) is 46.6 Å². The second kappa shape index (κ2) is 13.8. The highest BCUT2D eigenvalue weighted by Crippen LogP contribution is 2.81. The Labute approximate surface area is 283 Å². The molecule has 0 aliphatic carbocycles. The monoisotopic (exact) mass is 806 g/mol. The summed E-state index contributed by atoms with van der Waals surface area (Å²) in [7, 11) is -25.8. The van der Waals surface area contributed by atoms with Crippen molar-refractivity contribution in [2.24, 2.45) is 0 Å². The number of anilines is 2. The third kappa shape index (κ3) is 7.75. The van der Waals surface area contributed by atoms with Crippen LogP contribution in [0.25, 0.3) is 22.3 Å². The molecule has 0 spiro atoms. The van der Waals surface area contributed by atoms with E-state index in [1.807, 2.05) is 0 Å². The maximum atomic E-state index is 14.9. The lowest BCUT2D eigenvalue weighted by Crippen LogP contribution is -2.21. The van der Waals surface area contributed by atoms with Crippen molar-refractivity contribution in [1.82, 2.24) is 39.0 Å². The Hall–Kier alpha value is -2.92. The van der Waals surface area contributed by atoms with E-state index in [1.165, 1.54) is 34.4 Å². The molecule has 8 atom stereocenters. The molecule has 280 valence electrons. The lowest BCUT2D eigenvalue weighted by Gasteiger charge is -2.27. The molecule has 6 rings (SSSR count). The van der Waals surface area contributed by atoms with Gasteiger partial charge in [-0.3, -0.25) is 27.3 Å². The fraction of sp³-hybridized carbons (Fsp3) is 0.524. The number of halogens is 2. The summed E-state index contributed by atoms with van der Waals surface area (Å²) >= 11 is 0. The highest BCUT2D eigenvalue weighted by atomic mass is 31.3. The van der Waals surface area contributed by atoms with Crippen molar-refractivity contribution in [2.75, 3.05) is 24.7 Å². The molecule has 0 radical (unpaired) electrons. The maximum Gasteiger partial charge on any atom is 0.479 e. The van der Waals surface area contributed by atoms with Gasteiger partial charge in [0.2, 0.25) is 0 Å². The van der Waals surface area contributed by atoms with E-state index in [4.69, 9.17) is 20.9 Å². The summed E-state index contributed by atoms with van der Waals surface area (Å²) in [6, 6.07) is 0. The van der Waals surface area contributed by atoms with Crippen LogP contribution in [0.4, 0.5) is 20.4 Å². The van der Waals surface area contributed by atoms with Crippen molar-refractivity contribution < 1.29 is 73.8 Å². The summed E-state index contributed by atoms with van der Waals surface area (Å²) in [5.74, 6) is 0.201. The van der Waals surface area contributed by atoms with E-state index < -0.39 is 74.1 Å². The number of imidazole rings is 2. The van der Waals surface area contributed by atoms with Gasteiger partial charge in [0.1, 0.15) is 36.1 Å². The van der Waals surface area contributed by atoms with Crippen LogP contribution < -0.4 is 11.5 Å². The highest BCUT2D eigenvalue weighted by Gasteiger charge is 2.70. The van der Waals surface area contributed by atoms with E-state index >= 15 is 0 Å². The molecule has 51 heavy (non-hydrogen) atoms. The Morgan fingerprint density at radius 1 is 0.706 bits per heavy atom.